The standard InChI is InChI=1S/C14H22N2O4S/c1-9(6-10(2)17)16-21(18,19)13-8-12(15)7-11-4-3-5-20-14(11)13/h7-10,16-17H,3-6,15H2,1-2H3. The lowest BCUT2D eigenvalue weighted by Crippen LogP contribution is -2.35. The van der Waals surface area contributed by atoms with Gasteiger partial charge in [0.1, 0.15) is 10.6 Å². The fourth-order valence-corrected chi connectivity index (χ4v) is 4.04. The molecule has 0 bridgehead atoms. The summed E-state index contributed by atoms with van der Waals surface area (Å²) in [5, 5.41) is 9.35. The second kappa shape index (κ2) is 6.21. The highest BCUT2D eigenvalue weighted by Gasteiger charge is 2.26. The van der Waals surface area contributed by atoms with Crippen LogP contribution in [0.4, 0.5) is 5.69 Å². The number of rotatable bonds is 5. The number of sulfonamides is 1. The molecule has 4 N–H and O–H groups in total. The molecule has 2 unspecified atom stereocenters. The van der Waals surface area contributed by atoms with Crippen LogP contribution in [0, 0.1) is 0 Å². The minimum absolute atomic E-state index is 0.0784. The van der Waals surface area contributed by atoms with Crippen molar-refractivity contribution in [2.45, 2.75) is 50.2 Å². The molecular formula is C14H22N2O4S. The van der Waals surface area contributed by atoms with Crippen LogP contribution >= 0.6 is 0 Å². The molecular weight excluding hydrogens is 292 g/mol. The molecule has 0 radical (unpaired) electrons. The van der Waals surface area contributed by atoms with Crippen LogP contribution in [0.5, 0.6) is 5.75 Å². The number of nitrogens with one attached hydrogen (secondary N) is 1. The van der Waals surface area contributed by atoms with E-state index in [0.29, 0.717) is 24.5 Å². The highest BCUT2D eigenvalue weighted by molar-refractivity contribution is 7.89. The zero-order chi connectivity index (χ0) is 15.6. The Hall–Kier alpha value is -1.31. The van der Waals surface area contributed by atoms with Crippen LogP contribution in [0.15, 0.2) is 17.0 Å². The minimum Gasteiger partial charge on any atom is -0.492 e. The summed E-state index contributed by atoms with van der Waals surface area (Å²) in [6.45, 7) is 3.84. The molecule has 0 saturated carbocycles. The van der Waals surface area contributed by atoms with Gasteiger partial charge in [-0.15, -0.1) is 0 Å². The number of fused-ring (bicyclic) bond motifs is 1. The van der Waals surface area contributed by atoms with Gasteiger partial charge in [0.25, 0.3) is 0 Å². The lowest BCUT2D eigenvalue weighted by Gasteiger charge is -2.22. The maximum Gasteiger partial charge on any atom is 0.244 e. The summed E-state index contributed by atoms with van der Waals surface area (Å²) in [6, 6.07) is 2.80. The molecule has 0 amide bonds. The van der Waals surface area contributed by atoms with Crippen molar-refractivity contribution < 1.29 is 18.3 Å². The van der Waals surface area contributed by atoms with Gasteiger partial charge < -0.3 is 15.6 Å². The number of nitrogen functional groups attached to an aromatic ring is 1. The van der Waals surface area contributed by atoms with Crippen molar-refractivity contribution in [3.8, 4) is 5.75 Å². The molecule has 2 atom stereocenters. The van der Waals surface area contributed by atoms with Crippen LogP contribution in [0.25, 0.3) is 0 Å². The van der Waals surface area contributed by atoms with Crippen LogP contribution in [-0.2, 0) is 16.4 Å². The third-order valence-corrected chi connectivity index (χ3v) is 4.93. The Bertz CT molecular complexity index is 614. The Balaban J connectivity index is 2.34. The fraction of sp³-hybridized carbons (Fsp3) is 0.571. The Morgan fingerprint density at radius 3 is 2.81 bits per heavy atom. The number of benzene rings is 1. The molecule has 2 rings (SSSR count). The summed E-state index contributed by atoms with van der Waals surface area (Å²) in [4.78, 5) is 0.0784. The van der Waals surface area contributed by atoms with E-state index in [9.17, 15) is 13.5 Å². The summed E-state index contributed by atoms with van der Waals surface area (Å²) >= 11 is 0. The summed E-state index contributed by atoms with van der Waals surface area (Å²) in [5.74, 6) is 0.396. The van der Waals surface area contributed by atoms with E-state index in [1.54, 1.807) is 19.9 Å². The second-order valence-corrected chi connectivity index (χ2v) is 7.25. The first-order valence-electron chi connectivity index (χ1n) is 7.05. The molecule has 7 heteroatoms. The highest BCUT2D eigenvalue weighted by atomic mass is 32.2. The minimum atomic E-state index is -3.74. The van der Waals surface area contributed by atoms with Gasteiger partial charge in [-0.05, 0) is 50.8 Å². The average molecular weight is 314 g/mol. The van der Waals surface area contributed by atoms with Crippen molar-refractivity contribution in [3.63, 3.8) is 0 Å². The Morgan fingerprint density at radius 2 is 2.14 bits per heavy atom. The first kappa shape index (κ1) is 16.1. The molecule has 1 aliphatic rings. The average Bonchev–Trinajstić information content (AvgIpc) is 2.35. The van der Waals surface area contributed by atoms with Crippen LogP contribution < -0.4 is 15.2 Å². The van der Waals surface area contributed by atoms with E-state index in [-0.39, 0.29) is 10.9 Å². The van der Waals surface area contributed by atoms with E-state index >= 15 is 0 Å². The summed E-state index contributed by atoms with van der Waals surface area (Å²) in [6.07, 6.45) is 1.37. The number of nitrogens with two attached hydrogens (primary N) is 1. The zero-order valence-corrected chi connectivity index (χ0v) is 13.1. The molecule has 1 heterocycles. The molecule has 0 aliphatic carbocycles. The maximum atomic E-state index is 12.5. The third kappa shape index (κ3) is 3.87. The highest BCUT2D eigenvalue weighted by Crippen LogP contribution is 2.34. The summed E-state index contributed by atoms with van der Waals surface area (Å²) in [5.41, 5.74) is 7.03. The van der Waals surface area contributed by atoms with Crippen LogP contribution in [-0.4, -0.2) is 32.3 Å². The number of ether oxygens (including phenoxy) is 1. The van der Waals surface area contributed by atoms with E-state index < -0.39 is 16.1 Å². The SMILES string of the molecule is CC(O)CC(C)NS(=O)(=O)c1cc(N)cc2c1OCCC2. The smallest absolute Gasteiger partial charge is 0.244 e. The van der Waals surface area contributed by atoms with E-state index in [1.807, 2.05) is 0 Å². The monoisotopic (exact) mass is 314 g/mol. The maximum absolute atomic E-state index is 12.5. The Kier molecular flexibility index (Phi) is 4.75. The first-order valence-corrected chi connectivity index (χ1v) is 8.53. The third-order valence-electron chi connectivity index (χ3n) is 3.33. The van der Waals surface area contributed by atoms with Gasteiger partial charge >= 0.3 is 0 Å². The second-order valence-electron chi connectivity index (χ2n) is 5.57. The molecule has 0 spiro atoms. The van der Waals surface area contributed by atoms with Crippen molar-refractivity contribution in [3.05, 3.63) is 17.7 Å². The van der Waals surface area contributed by atoms with Gasteiger partial charge in [0.2, 0.25) is 10.0 Å². The van der Waals surface area contributed by atoms with Gasteiger partial charge in [0.15, 0.2) is 0 Å². The summed E-state index contributed by atoms with van der Waals surface area (Å²) in [7, 11) is -3.74. The molecule has 0 aromatic heterocycles. The molecule has 1 aromatic carbocycles. The van der Waals surface area contributed by atoms with Crippen molar-refractivity contribution in [1.82, 2.24) is 4.72 Å². The fourth-order valence-electron chi connectivity index (χ4n) is 2.56. The zero-order valence-electron chi connectivity index (χ0n) is 12.3. The van der Waals surface area contributed by atoms with Gasteiger partial charge in [-0.1, -0.05) is 0 Å². The van der Waals surface area contributed by atoms with E-state index in [0.717, 1.165) is 18.4 Å². The Labute approximate surface area is 125 Å². The molecule has 1 aliphatic heterocycles. The quantitative estimate of drug-likeness (QED) is 0.705. The largest absolute Gasteiger partial charge is 0.492 e. The van der Waals surface area contributed by atoms with Gasteiger partial charge in [0, 0.05) is 11.7 Å². The van der Waals surface area contributed by atoms with Crippen molar-refractivity contribution in [2.75, 3.05) is 12.3 Å². The van der Waals surface area contributed by atoms with E-state index in [1.165, 1.54) is 6.07 Å². The van der Waals surface area contributed by atoms with Crippen molar-refractivity contribution in [1.29, 1.82) is 0 Å². The first-order chi connectivity index (χ1) is 9.79. The van der Waals surface area contributed by atoms with Gasteiger partial charge in [-0.3, -0.25) is 0 Å². The van der Waals surface area contributed by atoms with E-state index in [2.05, 4.69) is 4.72 Å². The normalized spacial score (nSPS) is 17.7. The number of hydrogen-bond acceptors (Lipinski definition) is 5. The lowest BCUT2D eigenvalue weighted by atomic mass is 10.1. The van der Waals surface area contributed by atoms with Crippen LogP contribution in [0.3, 0.4) is 0 Å². The van der Waals surface area contributed by atoms with Gasteiger partial charge in [-0.25, -0.2) is 13.1 Å². The summed E-state index contributed by atoms with van der Waals surface area (Å²) < 4.78 is 33.1. The predicted molar refractivity (Wildman–Crippen MR) is 80.8 cm³/mol. The molecule has 1 aromatic rings. The van der Waals surface area contributed by atoms with Gasteiger partial charge in [0.05, 0.1) is 12.7 Å². The molecule has 6 nitrogen and oxygen atoms in total. The molecule has 0 fully saturated rings. The van der Waals surface area contributed by atoms with E-state index in [4.69, 9.17) is 10.5 Å². The number of aliphatic hydroxyl groups excluding tert-OH is 1. The van der Waals surface area contributed by atoms with Crippen LogP contribution in [0.2, 0.25) is 0 Å². The van der Waals surface area contributed by atoms with Crippen molar-refractivity contribution >= 4 is 15.7 Å². The number of aliphatic hydroxyl groups is 1. The van der Waals surface area contributed by atoms with Gasteiger partial charge in [-0.2, -0.15) is 0 Å². The molecule has 118 valence electrons. The van der Waals surface area contributed by atoms with Crippen LogP contribution in [0.1, 0.15) is 32.3 Å². The number of aryl methyl sites for hydroxylation is 1. The molecule has 0 saturated heterocycles. The van der Waals surface area contributed by atoms with Crippen molar-refractivity contribution in [2.24, 2.45) is 0 Å². The molecule has 21 heavy (non-hydrogen) atoms. The number of hydrogen-bond donors (Lipinski definition) is 3. The lowest BCUT2D eigenvalue weighted by molar-refractivity contribution is 0.175. The number of anilines is 1. The Morgan fingerprint density at radius 1 is 1.43 bits per heavy atom. The topological polar surface area (TPSA) is 102 Å². The predicted octanol–water partition coefficient (Wildman–Crippen LogP) is 1.03.